The van der Waals surface area contributed by atoms with Gasteiger partial charge in [0.2, 0.25) is 10.0 Å². The molecule has 0 atom stereocenters. The van der Waals surface area contributed by atoms with Gasteiger partial charge in [0.15, 0.2) is 5.03 Å². The minimum Gasteiger partial charge on any atom is -0.259 e. The van der Waals surface area contributed by atoms with Crippen LogP contribution in [0.5, 0.6) is 0 Å². The zero-order valence-electron chi connectivity index (χ0n) is 16.7. The third-order valence-corrected chi connectivity index (χ3v) is 7.89. The van der Waals surface area contributed by atoms with E-state index < -0.39 is 14.9 Å². The standard InChI is InChI=1S/C19H36N2O4S2/c1-2-3-4-5-6-7-8-9-10-11-12-13-17-27(24,25)20-15-14-16-26-19(20)18-21(22)23/h18H,2-17H2,1H3/b19-18-. The molecule has 0 radical (unpaired) electrons. The van der Waals surface area contributed by atoms with Crippen LogP contribution in [0.4, 0.5) is 0 Å². The highest BCUT2D eigenvalue weighted by atomic mass is 32.2. The van der Waals surface area contributed by atoms with Crippen molar-refractivity contribution < 1.29 is 13.3 Å². The highest BCUT2D eigenvalue weighted by Gasteiger charge is 2.29. The molecular formula is C19H36N2O4S2. The molecule has 8 heteroatoms. The van der Waals surface area contributed by atoms with Gasteiger partial charge >= 0.3 is 0 Å². The molecule has 27 heavy (non-hydrogen) atoms. The van der Waals surface area contributed by atoms with E-state index in [2.05, 4.69) is 6.92 Å². The highest BCUT2D eigenvalue weighted by Crippen LogP contribution is 2.29. The molecule has 1 aliphatic rings. The van der Waals surface area contributed by atoms with Gasteiger partial charge in [-0.25, -0.2) is 8.42 Å². The normalized spacial score (nSPS) is 16.8. The van der Waals surface area contributed by atoms with E-state index in [1.54, 1.807) is 0 Å². The number of nitro groups is 1. The van der Waals surface area contributed by atoms with Gasteiger partial charge in [-0.3, -0.25) is 14.4 Å². The molecule has 1 saturated heterocycles. The second-order valence-corrected chi connectivity index (χ2v) is 10.4. The average Bonchev–Trinajstić information content (AvgIpc) is 2.62. The van der Waals surface area contributed by atoms with Crippen LogP contribution in [-0.4, -0.2) is 35.7 Å². The fourth-order valence-corrected chi connectivity index (χ4v) is 6.17. The maximum Gasteiger partial charge on any atom is 0.265 e. The van der Waals surface area contributed by atoms with E-state index >= 15 is 0 Å². The van der Waals surface area contributed by atoms with Crippen molar-refractivity contribution in [3.63, 3.8) is 0 Å². The van der Waals surface area contributed by atoms with Crippen LogP contribution >= 0.6 is 11.8 Å². The Kier molecular flexibility index (Phi) is 12.8. The molecule has 0 saturated carbocycles. The third-order valence-electron chi connectivity index (χ3n) is 4.81. The van der Waals surface area contributed by atoms with Crippen molar-refractivity contribution in [2.24, 2.45) is 0 Å². The number of nitrogens with zero attached hydrogens (tertiary/aromatic N) is 2. The lowest BCUT2D eigenvalue weighted by atomic mass is 10.1. The van der Waals surface area contributed by atoms with Crippen LogP contribution in [0.2, 0.25) is 0 Å². The Bertz CT molecular complexity index is 550. The fraction of sp³-hybridized carbons (Fsp3) is 0.895. The molecule has 0 aromatic carbocycles. The van der Waals surface area contributed by atoms with Crippen LogP contribution < -0.4 is 0 Å². The summed E-state index contributed by atoms with van der Waals surface area (Å²) in [4.78, 5) is 10.1. The molecule has 1 rings (SSSR count). The summed E-state index contributed by atoms with van der Waals surface area (Å²) in [7, 11) is -3.45. The van der Waals surface area contributed by atoms with Gasteiger partial charge in [-0.1, -0.05) is 77.6 Å². The predicted molar refractivity (Wildman–Crippen MR) is 114 cm³/mol. The van der Waals surface area contributed by atoms with E-state index in [4.69, 9.17) is 0 Å². The smallest absolute Gasteiger partial charge is 0.259 e. The van der Waals surface area contributed by atoms with E-state index in [0.29, 0.717) is 13.0 Å². The first-order chi connectivity index (χ1) is 13.0. The molecule has 0 amide bonds. The third kappa shape index (κ3) is 11.0. The number of unbranched alkanes of at least 4 members (excludes halogenated alkanes) is 11. The first-order valence-electron chi connectivity index (χ1n) is 10.5. The van der Waals surface area contributed by atoms with Crippen LogP contribution in [0.15, 0.2) is 11.2 Å². The van der Waals surface area contributed by atoms with E-state index in [-0.39, 0.29) is 10.8 Å². The molecule has 0 aromatic rings. The van der Waals surface area contributed by atoms with Crippen LogP contribution in [0.25, 0.3) is 0 Å². The van der Waals surface area contributed by atoms with Gasteiger partial charge in [-0.2, -0.15) is 0 Å². The molecule has 1 heterocycles. The van der Waals surface area contributed by atoms with Gasteiger partial charge in [-0.05, 0) is 12.8 Å². The summed E-state index contributed by atoms with van der Waals surface area (Å²) in [6.45, 7) is 2.59. The summed E-state index contributed by atoms with van der Waals surface area (Å²) >= 11 is 1.25. The Balaban J connectivity index is 2.15. The summed E-state index contributed by atoms with van der Waals surface area (Å²) in [5.41, 5.74) is 0. The van der Waals surface area contributed by atoms with Gasteiger partial charge in [0.25, 0.3) is 6.20 Å². The second kappa shape index (κ2) is 14.3. The molecular weight excluding hydrogens is 384 g/mol. The van der Waals surface area contributed by atoms with E-state index in [1.807, 2.05) is 0 Å². The lowest BCUT2D eigenvalue weighted by molar-refractivity contribution is -0.403. The average molecular weight is 421 g/mol. The van der Waals surface area contributed by atoms with Gasteiger partial charge in [-0.15, -0.1) is 11.8 Å². The first-order valence-corrected chi connectivity index (χ1v) is 13.1. The second-order valence-electron chi connectivity index (χ2n) is 7.23. The first kappa shape index (κ1) is 24.3. The SMILES string of the molecule is CCCCCCCCCCCCCCS(=O)(=O)N1CCCS/C1=C\[N+](=O)[O-]. The largest absolute Gasteiger partial charge is 0.265 e. The van der Waals surface area contributed by atoms with Crippen molar-refractivity contribution in [2.45, 2.75) is 90.4 Å². The van der Waals surface area contributed by atoms with Crippen molar-refractivity contribution in [1.82, 2.24) is 4.31 Å². The number of sulfonamides is 1. The molecule has 6 nitrogen and oxygen atoms in total. The quantitative estimate of drug-likeness (QED) is 0.198. The Morgan fingerprint density at radius 2 is 1.52 bits per heavy atom. The van der Waals surface area contributed by atoms with Crippen LogP contribution in [-0.2, 0) is 10.0 Å². The van der Waals surface area contributed by atoms with Crippen LogP contribution in [0, 0.1) is 10.1 Å². The molecule has 0 unspecified atom stereocenters. The summed E-state index contributed by atoms with van der Waals surface area (Å²) < 4.78 is 26.3. The van der Waals surface area contributed by atoms with Crippen molar-refractivity contribution in [3.8, 4) is 0 Å². The molecule has 0 aliphatic carbocycles. The number of thioether (sulfide) groups is 1. The van der Waals surface area contributed by atoms with Crippen molar-refractivity contribution in [3.05, 3.63) is 21.3 Å². The molecule has 158 valence electrons. The molecule has 1 aliphatic heterocycles. The van der Waals surface area contributed by atoms with Gasteiger partial charge < -0.3 is 0 Å². The minimum atomic E-state index is -3.45. The molecule has 1 fully saturated rings. The van der Waals surface area contributed by atoms with E-state index in [1.165, 1.54) is 73.9 Å². The zero-order valence-corrected chi connectivity index (χ0v) is 18.4. The summed E-state index contributed by atoms with van der Waals surface area (Å²) in [5, 5.41) is 11.0. The highest BCUT2D eigenvalue weighted by molar-refractivity contribution is 8.04. The minimum absolute atomic E-state index is 0.0834. The monoisotopic (exact) mass is 420 g/mol. The summed E-state index contributed by atoms with van der Waals surface area (Å²) in [6.07, 6.45) is 15.9. The maximum atomic E-state index is 12.5. The van der Waals surface area contributed by atoms with Crippen molar-refractivity contribution in [2.75, 3.05) is 18.1 Å². The van der Waals surface area contributed by atoms with Crippen LogP contribution in [0.3, 0.4) is 0 Å². The van der Waals surface area contributed by atoms with Gasteiger partial charge in [0.1, 0.15) is 0 Å². The summed E-state index contributed by atoms with van der Waals surface area (Å²) in [5.74, 6) is 0.810. The van der Waals surface area contributed by atoms with Crippen molar-refractivity contribution in [1.29, 1.82) is 0 Å². The van der Waals surface area contributed by atoms with Gasteiger partial charge in [0, 0.05) is 12.3 Å². The number of hydrogen-bond acceptors (Lipinski definition) is 5. The Labute approximate surface area is 169 Å². The fourth-order valence-electron chi connectivity index (χ4n) is 3.27. The van der Waals surface area contributed by atoms with E-state index in [0.717, 1.165) is 31.2 Å². The summed E-state index contributed by atoms with van der Waals surface area (Å²) in [6, 6.07) is 0. The Morgan fingerprint density at radius 1 is 1.00 bits per heavy atom. The molecule has 0 bridgehead atoms. The van der Waals surface area contributed by atoms with Gasteiger partial charge in [0.05, 0.1) is 10.7 Å². The molecule has 0 N–H and O–H groups in total. The lowest BCUT2D eigenvalue weighted by Crippen LogP contribution is -2.35. The maximum absolute atomic E-state index is 12.5. The van der Waals surface area contributed by atoms with Crippen LogP contribution in [0.1, 0.15) is 90.4 Å². The molecule has 0 aromatic heterocycles. The Hall–Kier alpha value is -0.760. The Morgan fingerprint density at radius 3 is 2.04 bits per heavy atom. The number of hydrogen-bond donors (Lipinski definition) is 0. The molecule has 0 spiro atoms. The zero-order chi connectivity index (χ0) is 20.0. The number of rotatable bonds is 15. The topological polar surface area (TPSA) is 80.5 Å². The lowest BCUT2D eigenvalue weighted by Gasteiger charge is -2.28. The predicted octanol–water partition coefficient (Wildman–Crippen LogP) is 5.53. The van der Waals surface area contributed by atoms with Crippen molar-refractivity contribution >= 4 is 21.8 Å². The van der Waals surface area contributed by atoms with E-state index in [9.17, 15) is 18.5 Å².